The maximum absolute atomic E-state index is 11.5. The number of carbonyl (C=O) groups excluding carboxylic acids is 2. The Morgan fingerprint density at radius 3 is 2.80 bits per heavy atom. The molecule has 8 heteroatoms. The molecule has 7 nitrogen and oxygen atoms in total. The summed E-state index contributed by atoms with van der Waals surface area (Å²) in [4.78, 5) is 22.8. The molecule has 0 radical (unpaired) electrons. The van der Waals surface area contributed by atoms with Gasteiger partial charge >= 0.3 is 5.97 Å². The molecule has 1 rings (SSSR count). The first-order valence-corrected chi connectivity index (χ1v) is 8.31. The summed E-state index contributed by atoms with van der Waals surface area (Å²) in [5.41, 5.74) is 0. The molecule has 1 aliphatic heterocycles. The maximum Gasteiger partial charge on any atom is 0.330 e. The van der Waals surface area contributed by atoms with Crippen LogP contribution in [-0.2, 0) is 24.3 Å². The van der Waals surface area contributed by atoms with Crippen LogP contribution in [0, 0.1) is 5.92 Å². The number of sulfonamides is 1. The van der Waals surface area contributed by atoms with Crippen molar-refractivity contribution in [3.8, 4) is 0 Å². The van der Waals surface area contributed by atoms with E-state index in [4.69, 9.17) is 4.74 Å². The van der Waals surface area contributed by atoms with Crippen molar-refractivity contribution >= 4 is 21.9 Å². The van der Waals surface area contributed by atoms with E-state index in [0.29, 0.717) is 19.4 Å². The summed E-state index contributed by atoms with van der Waals surface area (Å²) in [7, 11) is -3.43. The van der Waals surface area contributed by atoms with E-state index in [2.05, 4.69) is 10.0 Å². The van der Waals surface area contributed by atoms with Crippen LogP contribution in [0.1, 0.15) is 19.8 Å². The third-order valence-corrected chi connectivity index (χ3v) is 3.55. The number of amides is 1. The van der Waals surface area contributed by atoms with Gasteiger partial charge in [-0.25, -0.2) is 17.9 Å². The van der Waals surface area contributed by atoms with Gasteiger partial charge in [0.1, 0.15) is 0 Å². The van der Waals surface area contributed by atoms with Gasteiger partial charge in [-0.3, -0.25) is 4.79 Å². The summed E-state index contributed by atoms with van der Waals surface area (Å²) in [6.45, 7) is 2.52. The summed E-state index contributed by atoms with van der Waals surface area (Å²) < 4.78 is 29.7. The highest BCUT2D eigenvalue weighted by molar-refractivity contribution is 7.88. The van der Waals surface area contributed by atoms with Crippen molar-refractivity contribution in [2.24, 2.45) is 5.92 Å². The summed E-state index contributed by atoms with van der Waals surface area (Å²) in [5.74, 6) is -0.875. The topological polar surface area (TPSA) is 102 Å². The molecule has 1 unspecified atom stereocenters. The molecule has 20 heavy (non-hydrogen) atoms. The van der Waals surface area contributed by atoms with E-state index in [1.165, 1.54) is 12.2 Å². The number of nitrogens with one attached hydrogen (secondary N) is 2. The second-order valence-corrected chi connectivity index (χ2v) is 6.40. The van der Waals surface area contributed by atoms with Crippen LogP contribution < -0.4 is 10.0 Å². The van der Waals surface area contributed by atoms with E-state index in [0.717, 1.165) is 6.26 Å². The lowest BCUT2D eigenvalue weighted by molar-refractivity contribution is -0.137. The molecule has 0 aromatic carbocycles. The fraction of sp³-hybridized carbons (Fsp3) is 0.667. The molecule has 2 atom stereocenters. The maximum atomic E-state index is 11.5. The molecule has 0 saturated carbocycles. The number of hydrogen-bond donors (Lipinski definition) is 2. The highest BCUT2D eigenvalue weighted by atomic mass is 32.2. The second kappa shape index (κ2) is 7.39. The average molecular weight is 304 g/mol. The fourth-order valence-electron chi connectivity index (χ4n) is 2.00. The Hall–Kier alpha value is -1.41. The van der Waals surface area contributed by atoms with Gasteiger partial charge in [-0.2, -0.15) is 0 Å². The van der Waals surface area contributed by atoms with Crippen molar-refractivity contribution in [2.45, 2.75) is 25.8 Å². The highest BCUT2D eigenvalue weighted by Gasteiger charge is 2.27. The monoisotopic (exact) mass is 304 g/mol. The van der Waals surface area contributed by atoms with Crippen LogP contribution in [0.2, 0.25) is 0 Å². The van der Waals surface area contributed by atoms with E-state index in [-0.39, 0.29) is 18.4 Å². The Balaban J connectivity index is 2.69. The van der Waals surface area contributed by atoms with Crippen LogP contribution in [0.3, 0.4) is 0 Å². The summed E-state index contributed by atoms with van der Waals surface area (Å²) in [5, 5.41) is 2.69. The first-order valence-electron chi connectivity index (χ1n) is 6.41. The van der Waals surface area contributed by atoms with Gasteiger partial charge in [0.2, 0.25) is 15.9 Å². The zero-order valence-corrected chi connectivity index (χ0v) is 12.4. The van der Waals surface area contributed by atoms with E-state index < -0.39 is 22.0 Å². The van der Waals surface area contributed by atoms with Crippen LogP contribution >= 0.6 is 0 Å². The Labute approximate surface area is 118 Å². The molecule has 1 aliphatic rings. The molecule has 0 aliphatic carbocycles. The normalized spacial score (nSPS) is 20.9. The molecule has 0 aromatic heterocycles. The Morgan fingerprint density at radius 1 is 1.60 bits per heavy atom. The van der Waals surface area contributed by atoms with Crippen LogP contribution in [-0.4, -0.2) is 45.7 Å². The molecule has 114 valence electrons. The molecule has 1 saturated heterocycles. The summed E-state index contributed by atoms with van der Waals surface area (Å²) >= 11 is 0. The standard InChI is InChI=1S/C12H20N2O5S/c1-3-19-11(15)5-4-10(14-20(2,17)18)8-9-6-7-13-12(9)16/h4-5,9-10,14H,3,6-8H2,1-2H3,(H,13,16)/b5-4+/t9?,10-/m1/s1. The third-order valence-electron chi connectivity index (χ3n) is 2.82. The van der Waals surface area contributed by atoms with Crippen molar-refractivity contribution in [3.05, 3.63) is 12.2 Å². The summed E-state index contributed by atoms with van der Waals surface area (Å²) in [6.07, 6.45) is 4.61. The van der Waals surface area contributed by atoms with E-state index >= 15 is 0 Å². The minimum Gasteiger partial charge on any atom is -0.463 e. The lowest BCUT2D eigenvalue weighted by Crippen LogP contribution is -2.35. The highest BCUT2D eigenvalue weighted by Crippen LogP contribution is 2.17. The quantitative estimate of drug-likeness (QED) is 0.490. The van der Waals surface area contributed by atoms with E-state index in [9.17, 15) is 18.0 Å². The first kappa shape index (κ1) is 16.6. The smallest absolute Gasteiger partial charge is 0.330 e. The average Bonchev–Trinajstić information content (AvgIpc) is 2.70. The first-order chi connectivity index (χ1) is 9.31. The molecule has 0 bridgehead atoms. The molecule has 1 heterocycles. The van der Waals surface area contributed by atoms with Gasteiger partial charge in [0.25, 0.3) is 0 Å². The minimum absolute atomic E-state index is 0.0881. The van der Waals surface area contributed by atoms with Crippen LogP contribution in [0.5, 0.6) is 0 Å². The summed E-state index contributed by atoms with van der Waals surface area (Å²) in [6, 6.07) is -0.608. The van der Waals surface area contributed by atoms with Crippen LogP contribution in [0.4, 0.5) is 0 Å². The number of carbonyl (C=O) groups is 2. The van der Waals surface area contributed by atoms with Crippen molar-refractivity contribution in [1.82, 2.24) is 10.0 Å². The van der Waals surface area contributed by atoms with Crippen LogP contribution in [0.15, 0.2) is 12.2 Å². The Kier molecular flexibility index (Phi) is 6.15. The van der Waals surface area contributed by atoms with Crippen molar-refractivity contribution in [1.29, 1.82) is 0 Å². The van der Waals surface area contributed by atoms with Crippen molar-refractivity contribution in [2.75, 3.05) is 19.4 Å². The minimum atomic E-state index is -3.43. The lowest BCUT2D eigenvalue weighted by Gasteiger charge is -2.16. The predicted molar refractivity (Wildman–Crippen MR) is 73.3 cm³/mol. The second-order valence-electron chi connectivity index (χ2n) is 4.62. The Bertz CT molecular complexity index is 486. The fourth-order valence-corrected chi connectivity index (χ4v) is 2.73. The van der Waals surface area contributed by atoms with Gasteiger partial charge in [-0.1, -0.05) is 6.08 Å². The zero-order valence-electron chi connectivity index (χ0n) is 11.6. The van der Waals surface area contributed by atoms with E-state index in [1.807, 2.05) is 0 Å². The molecule has 1 fully saturated rings. The number of ether oxygens (including phenoxy) is 1. The number of hydrogen-bond acceptors (Lipinski definition) is 5. The number of rotatable bonds is 7. The Morgan fingerprint density at radius 2 is 2.30 bits per heavy atom. The van der Waals surface area contributed by atoms with Crippen molar-refractivity contribution in [3.63, 3.8) is 0 Å². The largest absolute Gasteiger partial charge is 0.463 e. The molecule has 0 spiro atoms. The van der Waals surface area contributed by atoms with Crippen LogP contribution in [0.25, 0.3) is 0 Å². The van der Waals surface area contributed by atoms with Gasteiger partial charge in [-0.15, -0.1) is 0 Å². The van der Waals surface area contributed by atoms with Crippen molar-refractivity contribution < 1.29 is 22.7 Å². The molecular weight excluding hydrogens is 284 g/mol. The predicted octanol–water partition coefficient (Wildman–Crippen LogP) is -0.450. The molecule has 0 aromatic rings. The zero-order chi connectivity index (χ0) is 15.2. The van der Waals surface area contributed by atoms with Gasteiger partial charge in [0.05, 0.1) is 12.9 Å². The van der Waals surface area contributed by atoms with Gasteiger partial charge in [0.15, 0.2) is 0 Å². The molecule has 2 N–H and O–H groups in total. The van der Waals surface area contributed by atoms with Gasteiger partial charge in [0, 0.05) is 24.6 Å². The van der Waals surface area contributed by atoms with E-state index in [1.54, 1.807) is 6.92 Å². The third kappa shape index (κ3) is 6.16. The van der Waals surface area contributed by atoms with Gasteiger partial charge < -0.3 is 10.1 Å². The lowest BCUT2D eigenvalue weighted by atomic mass is 9.99. The molecular formula is C12H20N2O5S. The SMILES string of the molecule is CCOC(=O)/C=C/[C@H](CC1CCNC1=O)NS(C)(=O)=O. The number of esters is 1. The van der Waals surface area contributed by atoms with Gasteiger partial charge in [-0.05, 0) is 19.8 Å². The molecule has 1 amide bonds.